The summed E-state index contributed by atoms with van der Waals surface area (Å²) >= 11 is 6.40. The second-order valence-electron chi connectivity index (χ2n) is 12.6. The molecule has 10 heteroatoms. The summed E-state index contributed by atoms with van der Waals surface area (Å²) < 4.78 is 6.00. The Morgan fingerprint density at radius 2 is 1.76 bits per heavy atom. The molecule has 3 saturated heterocycles. The average molecular weight is 631 g/mol. The quantitative estimate of drug-likeness (QED) is 0.437. The van der Waals surface area contributed by atoms with E-state index < -0.39 is 12.1 Å². The van der Waals surface area contributed by atoms with E-state index in [0.29, 0.717) is 61.0 Å². The number of aryl methyl sites for hydroxylation is 1. The number of carbonyl (C=O) groups is 4. The number of likely N-dealkylation sites (tertiary alicyclic amines) is 1. The second kappa shape index (κ2) is 13.1. The van der Waals surface area contributed by atoms with Gasteiger partial charge >= 0.3 is 0 Å². The van der Waals surface area contributed by atoms with Crippen LogP contribution in [0.2, 0.25) is 5.02 Å². The van der Waals surface area contributed by atoms with Gasteiger partial charge in [0.1, 0.15) is 23.6 Å². The Hall–Kier alpha value is -4.11. The number of benzene rings is 2. The minimum Gasteiger partial charge on any atom is -0.460 e. The van der Waals surface area contributed by atoms with Crippen molar-refractivity contribution in [1.29, 1.82) is 0 Å². The number of hydrogen-bond donors (Lipinski definition) is 2. The lowest BCUT2D eigenvalue weighted by Gasteiger charge is -2.51. The van der Waals surface area contributed by atoms with E-state index >= 15 is 0 Å². The van der Waals surface area contributed by atoms with Crippen molar-refractivity contribution in [3.05, 3.63) is 82.6 Å². The van der Waals surface area contributed by atoms with E-state index in [1.807, 2.05) is 58.3 Å². The van der Waals surface area contributed by atoms with Gasteiger partial charge in [-0.05, 0) is 68.7 Å². The fourth-order valence-electron chi connectivity index (χ4n) is 7.19. The highest BCUT2D eigenvalue weighted by molar-refractivity contribution is 6.33. The predicted molar refractivity (Wildman–Crippen MR) is 170 cm³/mol. The van der Waals surface area contributed by atoms with Crippen molar-refractivity contribution in [2.24, 2.45) is 11.8 Å². The van der Waals surface area contributed by atoms with Crippen molar-refractivity contribution in [2.45, 2.75) is 64.1 Å². The molecular formula is C35H39ClN4O5. The Labute approximate surface area is 268 Å². The number of rotatable bonds is 4. The molecule has 3 fully saturated rings. The number of nitrogens with one attached hydrogen (secondary N) is 2. The Kier molecular flexibility index (Phi) is 8.99. The molecule has 3 aliphatic rings. The van der Waals surface area contributed by atoms with Gasteiger partial charge in [0, 0.05) is 44.1 Å². The summed E-state index contributed by atoms with van der Waals surface area (Å²) in [6.07, 6.45) is 2.73. The molecule has 1 aromatic heterocycles. The van der Waals surface area contributed by atoms with Gasteiger partial charge in [0.15, 0.2) is 0 Å². The van der Waals surface area contributed by atoms with Crippen LogP contribution in [0.4, 0.5) is 0 Å². The molecule has 45 heavy (non-hydrogen) atoms. The third-order valence-corrected chi connectivity index (χ3v) is 9.73. The predicted octanol–water partition coefficient (Wildman–Crippen LogP) is 4.61. The molecule has 0 unspecified atom stereocenters. The molecule has 2 aromatic carbocycles. The van der Waals surface area contributed by atoms with Crippen LogP contribution in [0.25, 0.3) is 11.3 Å². The van der Waals surface area contributed by atoms with Crippen molar-refractivity contribution < 1.29 is 23.6 Å². The van der Waals surface area contributed by atoms with E-state index in [1.54, 1.807) is 26.0 Å². The Balaban J connectivity index is 1.25. The first-order chi connectivity index (χ1) is 21.7. The number of nitrogens with zero attached hydrogens (tertiary/aromatic N) is 2. The zero-order valence-electron chi connectivity index (χ0n) is 25.6. The summed E-state index contributed by atoms with van der Waals surface area (Å²) in [4.78, 5) is 57.9. The minimum absolute atomic E-state index is 0.0404. The summed E-state index contributed by atoms with van der Waals surface area (Å²) in [5.41, 5.74) is 2.18. The first-order valence-corrected chi connectivity index (χ1v) is 16.1. The number of fused-ring (bicyclic) bond motifs is 4. The highest BCUT2D eigenvalue weighted by atomic mass is 35.5. The van der Waals surface area contributed by atoms with E-state index in [9.17, 15) is 19.2 Å². The molecule has 4 amide bonds. The van der Waals surface area contributed by atoms with E-state index in [-0.39, 0.29) is 47.9 Å². The number of hydrogen-bond acceptors (Lipinski definition) is 5. The molecule has 0 aliphatic carbocycles. The van der Waals surface area contributed by atoms with Gasteiger partial charge in [0.25, 0.3) is 5.91 Å². The van der Waals surface area contributed by atoms with Gasteiger partial charge in [0.2, 0.25) is 17.7 Å². The first kappa shape index (κ1) is 30.9. The van der Waals surface area contributed by atoms with Gasteiger partial charge in [-0.3, -0.25) is 19.2 Å². The SMILES string of the molecule is Cc1oc(-c2ccccc2Cl)cc1C(=O)N1C[C@@H]2C[C@H](C1)[C@@H]1CCCC(=O)N[C@H](C)C(=O)N[C@@H](Cc3ccccc3)C(=O)N1C2. The molecule has 4 heterocycles. The largest absolute Gasteiger partial charge is 0.460 e. The van der Waals surface area contributed by atoms with Gasteiger partial charge in [-0.15, -0.1) is 0 Å². The lowest BCUT2D eigenvalue weighted by Crippen LogP contribution is -2.63. The smallest absolute Gasteiger partial charge is 0.257 e. The monoisotopic (exact) mass is 630 g/mol. The maximum Gasteiger partial charge on any atom is 0.257 e. The molecular weight excluding hydrogens is 592 g/mol. The molecule has 236 valence electrons. The molecule has 2 N–H and O–H groups in total. The number of amides is 4. The second-order valence-corrected chi connectivity index (χ2v) is 13.0. The van der Waals surface area contributed by atoms with Crippen LogP contribution < -0.4 is 10.6 Å². The van der Waals surface area contributed by atoms with E-state index in [0.717, 1.165) is 17.5 Å². The third-order valence-electron chi connectivity index (χ3n) is 9.40. The summed E-state index contributed by atoms with van der Waals surface area (Å²) in [5, 5.41) is 6.28. The summed E-state index contributed by atoms with van der Waals surface area (Å²) in [6, 6.07) is 17.1. The highest BCUT2D eigenvalue weighted by Crippen LogP contribution is 2.38. The summed E-state index contributed by atoms with van der Waals surface area (Å²) in [5.74, 6) is 0.442. The van der Waals surface area contributed by atoms with Gasteiger partial charge < -0.3 is 24.9 Å². The fraction of sp³-hybridized carbons (Fsp3) is 0.429. The van der Waals surface area contributed by atoms with Crippen molar-refractivity contribution in [1.82, 2.24) is 20.4 Å². The zero-order valence-corrected chi connectivity index (χ0v) is 26.4. The van der Waals surface area contributed by atoms with Crippen LogP contribution >= 0.6 is 11.6 Å². The van der Waals surface area contributed by atoms with Gasteiger partial charge in [-0.25, -0.2) is 0 Å². The van der Waals surface area contributed by atoms with Crippen LogP contribution in [0.5, 0.6) is 0 Å². The zero-order chi connectivity index (χ0) is 31.7. The number of halogens is 1. The van der Waals surface area contributed by atoms with Crippen molar-refractivity contribution in [3.8, 4) is 11.3 Å². The van der Waals surface area contributed by atoms with Gasteiger partial charge in [-0.2, -0.15) is 0 Å². The fourth-order valence-corrected chi connectivity index (χ4v) is 7.42. The summed E-state index contributed by atoms with van der Waals surface area (Å²) in [6.45, 7) is 4.93. The van der Waals surface area contributed by atoms with Crippen LogP contribution in [0, 0.1) is 18.8 Å². The van der Waals surface area contributed by atoms with E-state index in [2.05, 4.69) is 10.6 Å². The molecule has 2 bridgehead atoms. The Morgan fingerprint density at radius 1 is 1.00 bits per heavy atom. The minimum atomic E-state index is -0.769. The third kappa shape index (κ3) is 6.64. The van der Waals surface area contributed by atoms with Crippen LogP contribution in [0.15, 0.2) is 65.1 Å². The van der Waals surface area contributed by atoms with Crippen molar-refractivity contribution in [3.63, 3.8) is 0 Å². The van der Waals surface area contributed by atoms with Crippen molar-refractivity contribution >= 4 is 35.2 Å². The molecule has 3 aromatic rings. The van der Waals surface area contributed by atoms with Crippen LogP contribution in [0.1, 0.15) is 54.3 Å². The maximum atomic E-state index is 14.3. The Bertz CT molecular complexity index is 1590. The molecule has 0 spiro atoms. The number of furan rings is 1. The summed E-state index contributed by atoms with van der Waals surface area (Å²) in [7, 11) is 0. The van der Waals surface area contributed by atoms with Crippen LogP contribution in [0.3, 0.4) is 0 Å². The van der Waals surface area contributed by atoms with Crippen molar-refractivity contribution in [2.75, 3.05) is 19.6 Å². The first-order valence-electron chi connectivity index (χ1n) is 15.8. The van der Waals surface area contributed by atoms with Gasteiger partial charge in [0.05, 0.1) is 10.6 Å². The maximum absolute atomic E-state index is 14.3. The number of carbonyl (C=O) groups excluding carboxylic acids is 4. The normalized spacial score (nSPS) is 25.8. The standard InChI is InChI=1S/C35H39ClN4O5/c1-21-33(42)38-29(16-23-9-4-3-5-10-23)35(44)40-19-24-15-25(30(40)13-8-14-32(41)37-21)20-39(18-24)34(43)27-17-31(45-22(27)2)26-11-6-7-12-28(26)36/h3-7,9-12,17,21,24-25,29-30H,8,13-16,18-20H2,1-2H3,(H,37,41)(H,38,42)/t21-,24+,25-,29+,30+/m1/s1. The molecule has 5 atom stereocenters. The molecule has 0 saturated carbocycles. The number of piperidine rings is 2. The highest BCUT2D eigenvalue weighted by Gasteiger charge is 2.45. The molecule has 0 radical (unpaired) electrons. The topological polar surface area (TPSA) is 112 Å². The Morgan fingerprint density at radius 3 is 2.53 bits per heavy atom. The van der Waals surface area contributed by atoms with Crippen LogP contribution in [-0.4, -0.2) is 71.2 Å². The average Bonchev–Trinajstić information content (AvgIpc) is 3.41. The molecule has 3 aliphatic heterocycles. The lowest BCUT2D eigenvalue weighted by molar-refractivity contribution is -0.145. The molecule has 9 nitrogen and oxygen atoms in total. The lowest BCUT2D eigenvalue weighted by atomic mass is 9.77. The molecule has 6 rings (SSSR count). The van der Waals surface area contributed by atoms with Crippen LogP contribution in [-0.2, 0) is 20.8 Å². The van der Waals surface area contributed by atoms with Gasteiger partial charge in [-0.1, -0.05) is 54.1 Å². The van der Waals surface area contributed by atoms with E-state index in [4.69, 9.17) is 16.0 Å². The van der Waals surface area contributed by atoms with E-state index in [1.165, 1.54) is 0 Å².